The fourth-order valence-electron chi connectivity index (χ4n) is 2.25. The maximum atomic E-state index is 12.0. The number of benzene rings is 2. The van der Waals surface area contributed by atoms with Crippen molar-refractivity contribution in [2.24, 2.45) is 0 Å². The molecule has 0 aliphatic heterocycles. The number of hydrogen-bond donors (Lipinski definition) is 2. The Kier molecular flexibility index (Phi) is 7.17. The Bertz CT molecular complexity index is 793. The molecule has 0 aromatic heterocycles. The molecular weight excluding hydrogens is 356 g/mol. The molecular formula is C19H19ClN2O4. The molecule has 2 aromatic rings. The first-order chi connectivity index (χ1) is 12.5. The normalized spacial score (nSPS) is 10.1. The highest BCUT2D eigenvalue weighted by Crippen LogP contribution is 2.21. The molecule has 2 rings (SSSR count). The van der Waals surface area contributed by atoms with E-state index in [1.165, 1.54) is 19.2 Å². The molecule has 7 heteroatoms. The zero-order chi connectivity index (χ0) is 18.9. The van der Waals surface area contributed by atoms with Crippen LogP contribution in [0.5, 0.6) is 0 Å². The Hall–Kier alpha value is -2.86. The predicted molar refractivity (Wildman–Crippen MR) is 99.2 cm³/mol. The number of ether oxygens (including phenoxy) is 1. The minimum atomic E-state index is -0.584. The van der Waals surface area contributed by atoms with Gasteiger partial charge in [-0.2, -0.15) is 0 Å². The molecule has 0 heterocycles. The van der Waals surface area contributed by atoms with Crippen LogP contribution in [-0.4, -0.2) is 31.4 Å². The Morgan fingerprint density at radius 2 is 1.77 bits per heavy atom. The van der Waals surface area contributed by atoms with Gasteiger partial charge in [-0.3, -0.25) is 9.59 Å². The molecule has 0 atom stereocenters. The van der Waals surface area contributed by atoms with Gasteiger partial charge in [0.05, 0.1) is 24.1 Å². The fourth-order valence-corrected chi connectivity index (χ4v) is 2.45. The van der Waals surface area contributed by atoms with Gasteiger partial charge in [-0.1, -0.05) is 41.9 Å². The van der Waals surface area contributed by atoms with Crippen molar-refractivity contribution in [3.63, 3.8) is 0 Å². The Labute approximate surface area is 156 Å². The van der Waals surface area contributed by atoms with Crippen LogP contribution in [-0.2, 0) is 20.7 Å². The van der Waals surface area contributed by atoms with Crippen LogP contribution in [0.2, 0.25) is 5.02 Å². The van der Waals surface area contributed by atoms with E-state index in [0.717, 1.165) is 5.56 Å². The van der Waals surface area contributed by atoms with Crippen LogP contribution in [0.1, 0.15) is 22.3 Å². The lowest BCUT2D eigenvalue weighted by atomic mass is 10.1. The molecule has 2 N–H and O–H groups in total. The minimum Gasteiger partial charge on any atom is -0.465 e. The van der Waals surface area contributed by atoms with E-state index in [-0.39, 0.29) is 41.8 Å². The molecule has 2 amide bonds. The highest BCUT2D eigenvalue weighted by atomic mass is 35.5. The third kappa shape index (κ3) is 5.89. The van der Waals surface area contributed by atoms with Crippen LogP contribution < -0.4 is 10.6 Å². The summed E-state index contributed by atoms with van der Waals surface area (Å²) in [6, 6.07) is 13.9. The molecule has 0 saturated heterocycles. The van der Waals surface area contributed by atoms with Gasteiger partial charge in [-0.05, 0) is 23.8 Å². The SMILES string of the molecule is COC(=O)c1cc(NC(=O)CCNC(=O)Cc2ccccc2)ccc1Cl. The smallest absolute Gasteiger partial charge is 0.339 e. The first kappa shape index (κ1) is 19.5. The summed E-state index contributed by atoms with van der Waals surface area (Å²) < 4.78 is 4.63. The second kappa shape index (κ2) is 9.58. The van der Waals surface area contributed by atoms with Gasteiger partial charge < -0.3 is 15.4 Å². The van der Waals surface area contributed by atoms with Crippen LogP contribution >= 0.6 is 11.6 Å². The van der Waals surface area contributed by atoms with Crippen LogP contribution in [0.15, 0.2) is 48.5 Å². The summed E-state index contributed by atoms with van der Waals surface area (Å²) in [5.41, 5.74) is 1.50. The molecule has 0 aliphatic carbocycles. The Morgan fingerprint density at radius 1 is 1.04 bits per heavy atom. The van der Waals surface area contributed by atoms with E-state index in [2.05, 4.69) is 15.4 Å². The third-order valence-electron chi connectivity index (χ3n) is 3.54. The average molecular weight is 375 g/mol. The van der Waals surface area contributed by atoms with Crippen molar-refractivity contribution in [1.29, 1.82) is 0 Å². The van der Waals surface area contributed by atoms with Crippen LogP contribution in [0.25, 0.3) is 0 Å². The summed E-state index contributed by atoms with van der Waals surface area (Å²) in [7, 11) is 1.25. The number of hydrogen-bond acceptors (Lipinski definition) is 4. The number of carbonyl (C=O) groups is 3. The van der Waals surface area contributed by atoms with Crippen molar-refractivity contribution >= 4 is 35.1 Å². The van der Waals surface area contributed by atoms with Crippen molar-refractivity contribution in [3.8, 4) is 0 Å². The van der Waals surface area contributed by atoms with Gasteiger partial charge in [0, 0.05) is 18.7 Å². The van der Waals surface area contributed by atoms with Gasteiger partial charge in [-0.25, -0.2) is 4.79 Å². The summed E-state index contributed by atoms with van der Waals surface area (Å²) in [6.45, 7) is 0.217. The van der Waals surface area contributed by atoms with E-state index in [1.807, 2.05) is 30.3 Å². The van der Waals surface area contributed by atoms with Gasteiger partial charge in [-0.15, -0.1) is 0 Å². The second-order valence-electron chi connectivity index (χ2n) is 5.50. The number of methoxy groups -OCH3 is 1. The van der Waals surface area contributed by atoms with E-state index in [4.69, 9.17) is 11.6 Å². The van der Waals surface area contributed by atoms with E-state index >= 15 is 0 Å². The van der Waals surface area contributed by atoms with Gasteiger partial charge in [0.2, 0.25) is 11.8 Å². The van der Waals surface area contributed by atoms with Gasteiger partial charge in [0.15, 0.2) is 0 Å². The molecule has 0 saturated carbocycles. The fraction of sp³-hybridized carbons (Fsp3) is 0.211. The Balaban J connectivity index is 1.80. The number of rotatable bonds is 7. The summed E-state index contributed by atoms with van der Waals surface area (Å²) in [5, 5.41) is 5.59. The lowest BCUT2D eigenvalue weighted by Crippen LogP contribution is -2.28. The maximum Gasteiger partial charge on any atom is 0.339 e. The highest BCUT2D eigenvalue weighted by Gasteiger charge is 2.12. The molecule has 0 unspecified atom stereocenters. The zero-order valence-corrected chi connectivity index (χ0v) is 15.0. The van der Waals surface area contributed by atoms with Crippen molar-refractivity contribution in [2.45, 2.75) is 12.8 Å². The molecule has 0 aliphatic rings. The minimum absolute atomic E-state index is 0.108. The zero-order valence-electron chi connectivity index (χ0n) is 14.3. The molecule has 26 heavy (non-hydrogen) atoms. The molecule has 0 spiro atoms. The van der Waals surface area contributed by atoms with E-state index in [9.17, 15) is 14.4 Å². The average Bonchev–Trinajstić information content (AvgIpc) is 2.63. The summed E-state index contributed by atoms with van der Waals surface area (Å²) in [6.07, 6.45) is 0.374. The highest BCUT2D eigenvalue weighted by molar-refractivity contribution is 6.33. The topological polar surface area (TPSA) is 84.5 Å². The van der Waals surface area contributed by atoms with Gasteiger partial charge >= 0.3 is 5.97 Å². The maximum absolute atomic E-state index is 12.0. The largest absolute Gasteiger partial charge is 0.465 e. The molecule has 2 aromatic carbocycles. The third-order valence-corrected chi connectivity index (χ3v) is 3.87. The van der Waals surface area contributed by atoms with Crippen LogP contribution in [0.4, 0.5) is 5.69 Å². The van der Waals surface area contributed by atoms with Gasteiger partial charge in [0.1, 0.15) is 0 Å². The molecule has 0 radical (unpaired) electrons. The van der Waals surface area contributed by atoms with Gasteiger partial charge in [0.25, 0.3) is 0 Å². The Morgan fingerprint density at radius 3 is 2.46 bits per heavy atom. The number of carbonyl (C=O) groups excluding carboxylic acids is 3. The molecule has 0 fully saturated rings. The molecule has 0 bridgehead atoms. The first-order valence-corrected chi connectivity index (χ1v) is 8.35. The van der Waals surface area contributed by atoms with Crippen molar-refractivity contribution in [1.82, 2.24) is 5.32 Å². The van der Waals surface area contributed by atoms with Crippen molar-refractivity contribution < 1.29 is 19.1 Å². The second-order valence-corrected chi connectivity index (χ2v) is 5.90. The standard InChI is InChI=1S/C19H19ClN2O4/c1-26-19(25)15-12-14(7-8-16(15)20)22-17(23)9-10-21-18(24)11-13-5-3-2-4-6-13/h2-8,12H,9-11H2,1H3,(H,21,24)(H,22,23). The van der Waals surface area contributed by atoms with Crippen molar-refractivity contribution in [2.75, 3.05) is 19.0 Å². The van der Waals surface area contributed by atoms with Crippen molar-refractivity contribution in [3.05, 3.63) is 64.7 Å². The molecule has 136 valence electrons. The van der Waals surface area contributed by atoms with Crippen LogP contribution in [0.3, 0.4) is 0 Å². The first-order valence-electron chi connectivity index (χ1n) is 7.98. The van der Waals surface area contributed by atoms with Crippen LogP contribution in [0, 0.1) is 0 Å². The monoisotopic (exact) mass is 374 g/mol. The predicted octanol–water partition coefficient (Wildman–Crippen LogP) is 2.81. The number of amides is 2. The lowest BCUT2D eigenvalue weighted by Gasteiger charge is -2.09. The number of esters is 1. The quantitative estimate of drug-likeness (QED) is 0.730. The number of halogens is 1. The summed E-state index contributed by atoms with van der Waals surface area (Å²) in [4.78, 5) is 35.4. The summed E-state index contributed by atoms with van der Waals surface area (Å²) >= 11 is 5.93. The molecule has 6 nitrogen and oxygen atoms in total. The van der Waals surface area contributed by atoms with E-state index in [1.54, 1.807) is 6.07 Å². The number of nitrogens with one attached hydrogen (secondary N) is 2. The van der Waals surface area contributed by atoms with E-state index in [0.29, 0.717) is 5.69 Å². The summed E-state index contributed by atoms with van der Waals surface area (Å²) in [5.74, 6) is -1.02. The number of anilines is 1. The van der Waals surface area contributed by atoms with E-state index < -0.39 is 5.97 Å². The lowest BCUT2D eigenvalue weighted by molar-refractivity contribution is -0.120.